The van der Waals surface area contributed by atoms with Crippen LogP contribution in [0, 0.1) is 5.82 Å². The van der Waals surface area contributed by atoms with Gasteiger partial charge in [-0.25, -0.2) is 9.07 Å². The van der Waals surface area contributed by atoms with Gasteiger partial charge >= 0.3 is 0 Å². The quantitative estimate of drug-likeness (QED) is 0.802. The van der Waals surface area contributed by atoms with Crippen LogP contribution in [-0.4, -0.2) is 16.9 Å². The lowest BCUT2D eigenvalue weighted by molar-refractivity contribution is 0.416. The number of benzene rings is 2. The van der Waals surface area contributed by atoms with Crippen molar-refractivity contribution < 1.29 is 9.13 Å². The van der Waals surface area contributed by atoms with Crippen molar-refractivity contribution in [1.82, 2.24) is 9.78 Å². The Bertz CT molecular complexity index is 783. The topological polar surface area (TPSA) is 53.1 Å². The van der Waals surface area contributed by atoms with Gasteiger partial charge in [0.25, 0.3) is 0 Å². The molecule has 2 N–H and O–H groups in total. The second-order valence-electron chi connectivity index (χ2n) is 4.52. The second-order valence-corrected chi connectivity index (χ2v) is 4.52. The number of aromatic nitrogens is 2. The third-order valence-electron chi connectivity index (χ3n) is 3.20. The Morgan fingerprint density at radius 3 is 2.57 bits per heavy atom. The van der Waals surface area contributed by atoms with Crippen molar-refractivity contribution in [1.29, 1.82) is 0 Å². The van der Waals surface area contributed by atoms with E-state index in [4.69, 9.17) is 10.5 Å². The normalized spacial score (nSPS) is 10.6. The Labute approximate surface area is 121 Å². The van der Waals surface area contributed by atoms with Crippen LogP contribution in [0.25, 0.3) is 16.9 Å². The summed E-state index contributed by atoms with van der Waals surface area (Å²) in [4.78, 5) is 0. The number of anilines is 1. The van der Waals surface area contributed by atoms with Crippen LogP contribution < -0.4 is 10.5 Å². The van der Waals surface area contributed by atoms with E-state index in [1.165, 1.54) is 10.7 Å². The molecule has 0 fully saturated rings. The third-order valence-corrected chi connectivity index (χ3v) is 3.20. The lowest BCUT2D eigenvalue weighted by atomic mass is 10.1. The van der Waals surface area contributed by atoms with Crippen LogP contribution >= 0.6 is 0 Å². The van der Waals surface area contributed by atoms with Crippen LogP contribution in [0.1, 0.15) is 0 Å². The molecule has 0 radical (unpaired) electrons. The highest BCUT2D eigenvalue weighted by Crippen LogP contribution is 2.30. The van der Waals surface area contributed by atoms with Gasteiger partial charge in [0.2, 0.25) is 0 Å². The summed E-state index contributed by atoms with van der Waals surface area (Å²) in [6.45, 7) is 0. The number of nitrogen functional groups attached to an aromatic ring is 1. The van der Waals surface area contributed by atoms with E-state index >= 15 is 0 Å². The van der Waals surface area contributed by atoms with E-state index < -0.39 is 0 Å². The fraction of sp³-hybridized carbons (Fsp3) is 0.0625. The van der Waals surface area contributed by atoms with Gasteiger partial charge in [0.15, 0.2) is 0 Å². The number of para-hydroxylation sites is 2. The molecule has 3 rings (SSSR count). The molecule has 0 spiro atoms. The standard InChI is InChI=1S/C16H14FN3O/c1-21-15-9-5-2-6-11(15)13-10-16(18)20(19-13)14-8-4-3-7-12(14)17/h2-10H,18H2,1H3. The summed E-state index contributed by atoms with van der Waals surface area (Å²) in [7, 11) is 1.59. The van der Waals surface area contributed by atoms with Crippen molar-refractivity contribution in [2.75, 3.05) is 12.8 Å². The smallest absolute Gasteiger partial charge is 0.148 e. The summed E-state index contributed by atoms with van der Waals surface area (Å²) >= 11 is 0. The highest BCUT2D eigenvalue weighted by atomic mass is 19.1. The molecule has 0 aliphatic carbocycles. The highest BCUT2D eigenvalue weighted by molar-refractivity contribution is 5.69. The van der Waals surface area contributed by atoms with Crippen molar-refractivity contribution in [2.24, 2.45) is 0 Å². The van der Waals surface area contributed by atoms with Gasteiger partial charge in [-0.05, 0) is 24.3 Å². The average Bonchev–Trinajstić information content (AvgIpc) is 2.89. The molecule has 0 bridgehead atoms. The van der Waals surface area contributed by atoms with E-state index in [0.717, 1.165) is 5.56 Å². The first-order valence-electron chi connectivity index (χ1n) is 6.44. The lowest BCUT2D eigenvalue weighted by Crippen LogP contribution is -2.03. The van der Waals surface area contributed by atoms with Crippen molar-refractivity contribution >= 4 is 5.82 Å². The predicted octanol–water partition coefficient (Wildman–Crippen LogP) is 3.27. The van der Waals surface area contributed by atoms with Crippen LogP contribution in [0.3, 0.4) is 0 Å². The zero-order valence-corrected chi connectivity index (χ0v) is 11.5. The largest absolute Gasteiger partial charge is 0.496 e. The first kappa shape index (κ1) is 13.2. The Morgan fingerprint density at radius 1 is 1.10 bits per heavy atom. The molecular formula is C16H14FN3O. The Hall–Kier alpha value is -2.82. The molecule has 0 atom stereocenters. The van der Waals surface area contributed by atoms with Crippen LogP contribution in [0.15, 0.2) is 54.6 Å². The van der Waals surface area contributed by atoms with Gasteiger partial charge in [0.05, 0.1) is 12.8 Å². The molecule has 1 heterocycles. The number of rotatable bonds is 3. The second kappa shape index (κ2) is 5.28. The molecule has 0 amide bonds. The zero-order chi connectivity index (χ0) is 14.8. The molecular weight excluding hydrogens is 269 g/mol. The van der Waals surface area contributed by atoms with Crippen molar-refractivity contribution in [3.05, 3.63) is 60.4 Å². The van der Waals surface area contributed by atoms with E-state index in [1.807, 2.05) is 24.3 Å². The molecule has 0 saturated heterocycles. The van der Waals surface area contributed by atoms with Gasteiger partial charge in [-0.15, -0.1) is 0 Å². The highest BCUT2D eigenvalue weighted by Gasteiger charge is 2.14. The van der Waals surface area contributed by atoms with Gasteiger partial charge < -0.3 is 10.5 Å². The molecule has 2 aromatic carbocycles. The van der Waals surface area contributed by atoms with E-state index in [-0.39, 0.29) is 5.82 Å². The van der Waals surface area contributed by atoms with Crippen molar-refractivity contribution in [2.45, 2.75) is 0 Å². The third kappa shape index (κ3) is 2.33. The fourth-order valence-corrected chi connectivity index (χ4v) is 2.20. The number of nitrogens with two attached hydrogens (primary N) is 1. The SMILES string of the molecule is COc1ccccc1-c1cc(N)n(-c2ccccc2F)n1. The fourth-order valence-electron chi connectivity index (χ4n) is 2.20. The average molecular weight is 283 g/mol. The lowest BCUT2D eigenvalue weighted by Gasteiger charge is -2.06. The Balaban J connectivity index is 2.12. The van der Waals surface area contributed by atoms with E-state index in [1.54, 1.807) is 31.4 Å². The predicted molar refractivity (Wildman–Crippen MR) is 79.9 cm³/mol. The number of hydrogen-bond donors (Lipinski definition) is 1. The zero-order valence-electron chi connectivity index (χ0n) is 11.5. The molecule has 3 aromatic rings. The van der Waals surface area contributed by atoms with E-state index in [9.17, 15) is 4.39 Å². The minimum atomic E-state index is -0.376. The molecule has 106 valence electrons. The van der Waals surface area contributed by atoms with Crippen LogP contribution in [0.5, 0.6) is 5.75 Å². The number of nitrogens with zero attached hydrogens (tertiary/aromatic N) is 2. The van der Waals surface area contributed by atoms with Crippen molar-refractivity contribution in [3.8, 4) is 22.7 Å². The van der Waals surface area contributed by atoms with Gasteiger partial charge in [-0.2, -0.15) is 5.10 Å². The summed E-state index contributed by atoms with van der Waals surface area (Å²) < 4.78 is 20.6. The molecule has 1 aromatic heterocycles. The minimum Gasteiger partial charge on any atom is -0.496 e. The Kier molecular flexibility index (Phi) is 3.31. The maximum Gasteiger partial charge on any atom is 0.148 e. The van der Waals surface area contributed by atoms with Gasteiger partial charge in [-0.3, -0.25) is 0 Å². The molecule has 0 saturated carbocycles. The summed E-state index contributed by atoms with van der Waals surface area (Å²) in [6.07, 6.45) is 0. The van der Waals surface area contributed by atoms with E-state index in [0.29, 0.717) is 22.9 Å². The van der Waals surface area contributed by atoms with Crippen LogP contribution in [0.4, 0.5) is 10.2 Å². The summed E-state index contributed by atoms with van der Waals surface area (Å²) in [5.41, 5.74) is 7.72. The molecule has 0 aliphatic rings. The van der Waals surface area contributed by atoms with Gasteiger partial charge in [-0.1, -0.05) is 24.3 Å². The molecule has 5 heteroatoms. The monoisotopic (exact) mass is 283 g/mol. The van der Waals surface area contributed by atoms with Crippen molar-refractivity contribution in [3.63, 3.8) is 0 Å². The van der Waals surface area contributed by atoms with Gasteiger partial charge in [0.1, 0.15) is 23.1 Å². The number of halogens is 1. The van der Waals surface area contributed by atoms with Crippen LogP contribution in [0.2, 0.25) is 0 Å². The summed E-state index contributed by atoms with van der Waals surface area (Å²) in [5, 5.41) is 4.39. The van der Waals surface area contributed by atoms with Gasteiger partial charge in [0, 0.05) is 11.6 Å². The van der Waals surface area contributed by atoms with Crippen LogP contribution in [-0.2, 0) is 0 Å². The number of methoxy groups -OCH3 is 1. The summed E-state index contributed by atoms with van der Waals surface area (Å²) in [5.74, 6) is 0.676. The molecule has 4 nitrogen and oxygen atoms in total. The Morgan fingerprint density at radius 2 is 1.81 bits per heavy atom. The maximum absolute atomic E-state index is 13.9. The first-order chi connectivity index (χ1) is 10.2. The summed E-state index contributed by atoms with van der Waals surface area (Å²) in [6, 6.07) is 15.5. The number of ether oxygens (including phenoxy) is 1. The number of hydrogen-bond acceptors (Lipinski definition) is 3. The molecule has 21 heavy (non-hydrogen) atoms. The molecule has 0 aliphatic heterocycles. The molecule has 0 unspecified atom stereocenters. The maximum atomic E-state index is 13.9. The van der Waals surface area contributed by atoms with E-state index in [2.05, 4.69) is 5.10 Å². The first-order valence-corrected chi connectivity index (χ1v) is 6.44. The minimum absolute atomic E-state index is 0.316.